The second-order valence-electron chi connectivity index (χ2n) is 4.05. The Labute approximate surface area is 91.5 Å². The fraction of sp³-hybridized carbons (Fsp3) is 0.909. The molecular weight excluding hydrogens is 192 g/mol. The van der Waals surface area contributed by atoms with Crippen LogP contribution in [-0.2, 0) is 9.53 Å². The normalized spacial score (nSPS) is 20.5. The maximum atomic E-state index is 11.5. The molecule has 1 unspecified atom stereocenters. The molecule has 4 nitrogen and oxygen atoms in total. The van der Waals surface area contributed by atoms with Crippen molar-refractivity contribution in [1.29, 1.82) is 0 Å². The van der Waals surface area contributed by atoms with Crippen LogP contribution >= 0.6 is 0 Å². The molecule has 1 amide bonds. The molecule has 0 aromatic rings. The van der Waals surface area contributed by atoms with Gasteiger partial charge in [0.2, 0.25) is 5.91 Å². The summed E-state index contributed by atoms with van der Waals surface area (Å²) in [6.45, 7) is 2.89. The molecule has 88 valence electrons. The van der Waals surface area contributed by atoms with Crippen molar-refractivity contribution in [2.75, 3.05) is 26.3 Å². The Morgan fingerprint density at radius 3 is 2.80 bits per heavy atom. The standard InChI is InChI=1S/C11H22N2O2/c12-6-3-1-2-4-7-13-11(14)10-5-8-15-9-10/h10H,1-9,12H2,(H,13,14). The Kier molecular flexibility index (Phi) is 6.36. The van der Waals surface area contributed by atoms with E-state index in [0.717, 1.165) is 45.4 Å². The van der Waals surface area contributed by atoms with Gasteiger partial charge in [0.1, 0.15) is 0 Å². The second kappa shape index (κ2) is 7.65. The van der Waals surface area contributed by atoms with E-state index in [4.69, 9.17) is 10.5 Å². The lowest BCUT2D eigenvalue weighted by Gasteiger charge is -2.08. The molecule has 4 heteroatoms. The van der Waals surface area contributed by atoms with Crippen molar-refractivity contribution >= 4 is 5.91 Å². The minimum atomic E-state index is 0.0917. The average Bonchev–Trinajstić information content (AvgIpc) is 2.76. The van der Waals surface area contributed by atoms with Gasteiger partial charge in [-0.15, -0.1) is 0 Å². The number of nitrogens with two attached hydrogens (primary N) is 1. The summed E-state index contributed by atoms with van der Waals surface area (Å²) in [5, 5.41) is 2.95. The highest BCUT2D eigenvalue weighted by Crippen LogP contribution is 2.11. The highest BCUT2D eigenvalue weighted by atomic mass is 16.5. The summed E-state index contributed by atoms with van der Waals surface area (Å²) < 4.78 is 5.16. The lowest BCUT2D eigenvalue weighted by molar-refractivity contribution is -0.124. The molecule has 0 bridgehead atoms. The maximum absolute atomic E-state index is 11.5. The van der Waals surface area contributed by atoms with Crippen LogP contribution in [0.1, 0.15) is 32.1 Å². The Bertz CT molecular complexity index is 179. The molecule has 15 heavy (non-hydrogen) atoms. The first-order valence-electron chi connectivity index (χ1n) is 5.90. The fourth-order valence-corrected chi connectivity index (χ4v) is 1.72. The van der Waals surface area contributed by atoms with E-state index in [1.807, 2.05) is 0 Å². The summed E-state index contributed by atoms with van der Waals surface area (Å²) >= 11 is 0. The van der Waals surface area contributed by atoms with E-state index in [-0.39, 0.29) is 11.8 Å². The first-order chi connectivity index (χ1) is 7.34. The third-order valence-electron chi connectivity index (χ3n) is 2.73. The van der Waals surface area contributed by atoms with Crippen LogP contribution in [0.25, 0.3) is 0 Å². The van der Waals surface area contributed by atoms with Gasteiger partial charge in [0, 0.05) is 13.2 Å². The molecule has 0 aliphatic carbocycles. The van der Waals surface area contributed by atoms with Gasteiger partial charge in [-0.05, 0) is 25.8 Å². The van der Waals surface area contributed by atoms with Crippen molar-refractivity contribution in [3.8, 4) is 0 Å². The molecule has 0 saturated carbocycles. The van der Waals surface area contributed by atoms with E-state index >= 15 is 0 Å². The largest absolute Gasteiger partial charge is 0.381 e. The van der Waals surface area contributed by atoms with Crippen molar-refractivity contribution in [1.82, 2.24) is 5.32 Å². The lowest BCUT2D eigenvalue weighted by Crippen LogP contribution is -2.31. The Morgan fingerprint density at radius 1 is 1.33 bits per heavy atom. The SMILES string of the molecule is NCCCCCCNC(=O)C1CCOC1. The minimum Gasteiger partial charge on any atom is -0.381 e. The van der Waals surface area contributed by atoms with Crippen LogP contribution in [0.2, 0.25) is 0 Å². The van der Waals surface area contributed by atoms with Gasteiger partial charge in [-0.3, -0.25) is 4.79 Å². The Hall–Kier alpha value is -0.610. The zero-order chi connectivity index (χ0) is 10.9. The zero-order valence-electron chi connectivity index (χ0n) is 9.34. The molecule has 0 radical (unpaired) electrons. The smallest absolute Gasteiger partial charge is 0.225 e. The molecule has 1 saturated heterocycles. The number of carbonyl (C=O) groups is 1. The van der Waals surface area contributed by atoms with Crippen LogP contribution < -0.4 is 11.1 Å². The lowest BCUT2D eigenvalue weighted by atomic mass is 10.1. The number of hydrogen-bond acceptors (Lipinski definition) is 3. The van der Waals surface area contributed by atoms with Gasteiger partial charge < -0.3 is 15.8 Å². The number of hydrogen-bond donors (Lipinski definition) is 2. The predicted octanol–water partition coefficient (Wildman–Crippen LogP) is 0.658. The summed E-state index contributed by atoms with van der Waals surface area (Å²) in [4.78, 5) is 11.5. The molecule has 0 spiro atoms. The highest BCUT2D eigenvalue weighted by Gasteiger charge is 2.22. The average molecular weight is 214 g/mol. The molecule has 1 aliphatic rings. The molecule has 3 N–H and O–H groups in total. The summed E-state index contributed by atoms with van der Waals surface area (Å²) in [5.41, 5.74) is 5.39. The maximum Gasteiger partial charge on any atom is 0.225 e. The van der Waals surface area contributed by atoms with Crippen molar-refractivity contribution in [2.24, 2.45) is 11.7 Å². The van der Waals surface area contributed by atoms with E-state index in [1.54, 1.807) is 0 Å². The van der Waals surface area contributed by atoms with E-state index in [9.17, 15) is 4.79 Å². The first-order valence-corrected chi connectivity index (χ1v) is 5.90. The van der Waals surface area contributed by atoms with Crippen LogP contribution in [0, 0.1) is 5.92 Å². The van der Waals surface area contributed by atoms with Gasteiger partial charge in [-0.2, -0.15) is 0 Å². The first kappa shape index (κ1) is 12.5. The number of nitrogens with one attached hydrogen (secondary N) is 1. The number of unbranched alkanes of at least 4 members (excludes halogenated alkanes) is 3. The number of rotatable bonds is 7. The zero-order valence-corrected chi connectivity index (χ0v) is 9.34. The number of amides is 1. The monoisotopic (exact) mass is 214 g/mol. The van der Waals surface area contributed by atoms with Gasteiger partial charge >= 0.3 is 0 Å². The van der Waals surface area contributed by atoms with Gasteiger partial charge in [0.15, 0.2) is 0 Å². The third-order valence-corrected chi connectivity index (χ3v) is 2.73. The van der Waals surface area contributed by atoms with Crippen molar-refractivity contribution in [2.45, 2.75) is 32.1 Å². The van der Waals surface area contributed by atoms with Gasteiger partial charge in [0.05, 0.1) is 12.5 Å². The van der Waals surface area contributed by atoms with Gasteiger partial charge in [0.25, 0.3) is 0 Å². The van der Waals surface area contributed by atoms with Crippen molar-refractivity contribution in [3.05, 3.63) is 0 Å². The van der Waals surface area contributed by atoms with Crippen molar-refractivity contribution < 1.29 is 9.53 Å². The van der Waals surface area contributed by atoms with E-state index in [1.165, 1.54) is 6.42 Å². The van der Waals surface area contributed by atoms with Gasteiger partial charge in [-0.1, -0.05) is 12.8 Å². The minimum absolute atomic E-state index is 0.0917. The van der Waals surface area contributed by atoms with Crippen LogP contribution in [0.5, 0.6) is 0 Å². The van der Waals surface area contributed by atoms with E-state index in [0.29, 0.717) is 6.61 Å². The van der Waals surface area contributed by atoms with Gasteiger partial charge in [-0.25, -0.2) is 0 Å². The van der Waals surface area contributed by atoms with Crippen LogP contribution in [0.4, 0.5) is 0 Å². The quantitative estimate of drug-likeness (QED) is 0.612. The molecule has 0 aromatic carbocycles. The van der Waals surface area contributed by atoms with Crippen LogP contribution in [-0.4, -0.2) is 32.2 Å². The Morgan fingerprint density at radius 2 is 2.13 bits per heavy atom. The molecule has 1 atom stereocenters. The molecule has 1 rings (SSSR count). The van der Waals surface area contributed by atoms with E-state index < -0.39 is 0 Å². The van der Waals surface area contributed by atoms with Crippen LogP contribution in [0.3, 0.4) is 0 Å². The molecule has 1 aliphatic heterocycles. The molecule has 0 aromatic heterocycles. The second-order valence-corrected chi connectivity index (χ2v) is 4.05. The topological polar surface area (TPSA) is 64.3 Å². The predicted molar refractivity (Wildman–Crippen MR) is 59.5 cm³/mol. The van der Waals surface area contributed by atoms with Crippen LogP contribution in [0.15, 0.2) is 0 Å². The number of carbonyl (C=O) groups excluding carboxylic acids is 1. The fourth-order valence-electron chi connectivity index (χ4n) is 1.72. The number of ether oxygens (including phenoxy) is 1. The Balaban J connectivity index is 1.92. The summed E-state index contributed by atoms with van der Waals surface area (Å²) in [6.07, 6.45) is 5.33. The molecular formula is C11H22N2O2. The molecule has 1 fully saturated rings. The third kappa shape index (κ3) is 5.14. The molecule has 1 heterocycles. The van der Waals surface area contributed by atoms with Crippen molar-refractivity contribution in [3.63, 3.8) is 0 Å². The summed E-state index contributed by atoms with van der Waals surface area (Å²) in [5.74, 6) is 0.250. The van der Waals surface area contributed by atoms with E-state index in [2.05, 4.69) is 5.32 Å². The summed E-state index contributed by atoms with van der Waals surface area (Å²) in [7, 11) is 0. The summed E-state index contributed by atoms with van der Waals surface area (Å²) in [6, 6.07) is 0. The highest BCUT2D eigenvalue weighted by molar-refractivity contribution is 5.78.